The van der Waals surface area contributed by atoms with Crippen LogP contribution >= 0.6 is 31.9 Å². The van der Waals surface area contributed by atoms with Crippen molar-refractivity contribution < 1.29 is 4.79 Å². The Labute approximate surface area is 126 Å². The Morgan fingerprint density at radius 1 is 1.21 bits per heavy atom. The fourth-order valence-electron chi connectivity index (χ4n) is 1.56. The summed E-state index contributed by atoms with van der Waals surface area (Å²) in [6.45, 7) is 1.96. The molecule has 19 heavy (non-hydrogen) atoms. The number of rotatable bonds is 2. The molecule has 0 atom stereocenters. The summed E-state index contributed by atoms with van der Waals surface area (Å²) < 4.78 is 1.58. The summed E-state index contributed by atoms with van der Waals surface area (Å²) in [5.74, 6) is -0.290. The maximum Gasteiger partial charge on any atom is 0.257 e. The van der Waals surface area contributed by atoms with Gasteiger partial charge in [-0.2, -0.15) is 0 Å². The highest BCUT2D eigenvalue weighted by molar-refractivity contribution is 9.11. The number of carbonyl (C=O) groups excluding carboxylic acids is 1. The fraction of sp³-hybridized carbons (Fsp3) is 0.0769. The monoisotopic (exact) mass is 384 g/mol. The Hall–Kier alpha value is -1.40. The number of H-pyrrole nitrogens is 1. The summed E-state index contributed by atoms with van der Waals surface area (Å²) >= 11 is 6.82. The summed E-state index contributed by atoms with van der Waals surface area (Å²) in [6, 6.07) is 6.61. The predicted molar refractivity (Wildman–Crippen MR) is 81.6 cm³/mol. The molecule has 2 N–H and O–H groups in total. The molecule has 6 heteroatoms. The number of anilines is 1. The van der Waals surface area contributed by atoms with E-state index in [1.54, 1.807) is 0 Å². The van der Waals surface area contributed by atoms with Crippen molar-refractivity contribution >= 4 is 43.5 Å². The van der Waals surface area contributed by atoms with Gasteiger partial charge in [0.2, 0.25) is 5.56 Å². The lowest BCUT2D eigenvalue weighted by Crippen LogP contribution is -2.15. The fourth-order valence-corrected chi connectivity index (χ4v) is 3.17. The molecule has 0 spiro atoms. The van der Waals surface area contributed by atoms with E-state index in [2.05, 4.69) is 42.2 Å². The van der Waals surface area contributed by atoms with Gasteiger partial charge in [0.25, 0.3) is 5.91 Å². The quantitative estimate of drug-likeness (QED) is 0.831. The number of benzene rings is 1. The molecule has 1 heterocycles. The molecule has 0 saturated carbocycles. The Balaban J connectivity index is 2.29. The molecule has 1 aromatic carbocycles. The molecule has 1 aromatic heterocycles. The van der Waals surface area contributed by atoms with Crippen LogP contribution in [-0.2, 0) is 0 Å². The molecule has 0 bridgehead atoms. The number of carbonyl (C=O) groups is 1. The average Bonchev–Trinajstić information content (AvgIpc) is 2.34. The third-order valence-electron chi connectivity index (χ3n) is 2.47. The first-order valence-corrected chi connectivity index (χ1v) is 7.01. The van der Waals surface area contributed by atoms with Gasteiger partial charge in [0.15, 0.2) is 0 Å². The van der Waals surface area contributed by atoms with Gasteiger partial charge in [0.05, 0.1) is 11.3 Å². The van der Waals surface area contributed by atoms with Crippen LogP contribution in [0, 0.1) is 6.92 Å². The highest BCUT2D eigenvalue weighted by atomic mass is 79.9. The first-order chi connectivity index (χ1) is 8.97. The second-order valence-corrected chi connectivity index (χ2v) is 5.71. The molecule has 0 unspecified atom stereocenters. The smallest absolute Gasteiger partial charge is 0.257 e. The molecule has 0 aliphatic heterocycles. The van der Waals surface area contributed by atoms with Gasteiger partial charge in [-0.15, -0.1) is 0 Å². The van der Waals surface area contributed by atoms with E-state index in [1.165, 1.54) is 18.3 Å². The van der Waals surface area contributed by atoms with Crippen molar-refractivity contribution in [2.24, 2.45) is 0 Å². The number of nitrogens with one attached hydrogen (secondary N) is 2. The third-order valence-corrected chi connectivity index (χ3v) is 3.72. The van der Waals surface area contributed by atoms with Crippen LogP contribution in [-0.4, -0.2) is 10.9 Å². The van der Waals surface area contributed by atoms with Crippen LogP contribution in [0.3, 0.4) is 0 Å². The molecule has 2 aromatic rings. The van der Waals surface area contributed by atoms with Crippen molar-refractivity contribution in [1.82, 2.24) is 4.98 Å². The van der Waals surface area contributed by atoms with Gasteiger partial charge in [-0.3, -0.25) is 9.59 Å². The number of hydrogen-bond donors (Lipinski definition) is 2. The minimum Gasteiger partial charge on any atom is -0.328 e. The summed E-state index contributed by atoms with van der Waals surface area (Å²) in [4.78, 5) is 25.5. The van der Waals surface area contributed by atoms with Crippen molar-refractivity contribution in [2.45, 2.75) is 6.92 Å². The summed E-state index contributed by atoms with van der Waals surface area (Å²) in [7, 11) is 0. The van der Waals surface area contributed by atoms with E-state index in [-0.39, 0.29) is 11.5 Å². The van der Waals surface area contributed by atoms with Crippen molar-refractivity contribution in [3.8, 4) is 0 Å². The Kier molecular flexibility index (Phi) is 4.21. The van der Waals surface area contributed by atoms with Crippen LogP contribution < -0.4 is 10.9 Å². The number of amides is 1. The van der Waals surface area contributed by atoms with Gasteiger partial charge in [-0.1, -0.05) is 0 Å². The highest BCUT2D eigenvalue weighted by Gasteiger charge is 2.11. The zero-order valence-electron chi connectivity index (χ0n) is 9.96. The molecule has 2 rings (SSSR count). The predicted octanol–water partition coefficient (Wildman–Crippen LogP) is 3.46. The molecular weight excluding hydrogens is 376 g/mol. The lowest BCUT2D eigenvalue weighted by atomic mass is 10.2. The van der Waals surface area contributed by atoms with E-state index in [9.17, 15) is 9.59 Å². The molecule has 1 amide bonds. The van der Waals surface area contributed by atoms with Gasteiger partial charge in [-0.25, -0.2) is 0 Å². The number of aryl methyl sites for hydroxylation is 1. The molecule has 0 saturated heterocycles. The van der Waals surface area contributed by atoms with E-state index in [0.29, 0.717) is 11.3 Å². The molecular formula is C13H10Br2N2O2. The van der Waals surface area contributed by atoms with Crippen molar-refractivity contribution in [3.63, 3.8) is 0 Å². The van der Waals surface area contributed by atoms with Crippen LogP contribution in [0.25, 0.3) is 0 Å². The Bertz CT molecular complexity index is 652. The standard InChI is InChI=1S/C13H10Br2N2O2/c1-7-4-9(14)12(10(15)5-7)17-13(19)8-2-3-11(18)16-6-8/h2-6H,1H3,(H,16,18)(H,17,19). The van der Waals surface area contributed by atoms with E-state index in [4.69, 9.17) is 0 Å². The molecule has 0 aliphatic carbocycles. The van der Waals surface area contributed by atoms with Crippen molar-refractivity contribution in [1.29, 1.82) is 0 Å². The summed E-state index contributed by atoms with van der Waals surface area (Å²) in [6.07, 6.45) is 1.38. The number of pyridine rings is 1. The van der Waals surface area contributed by atoms with Gasteiger partial charge in [0, 0.05) is 21.2 Å². The zero-order valence-corrected chi connectivity index (χ0v) is 13.1. The number of aromatic amines is 1. The van der Waals surface area contributed by atoms with E-state index >= 15 is 0 Å². The SMILES string of the molecule is Cc1cc(Br)c(NC(=O)c2ccc(=O)[nH]c2)c(Br)c1. The van der Waals surface area contributed by atoms with Crippen LogP contribution in [0.15, 0.2) is 44.2 Å². The normalized spacial score (nSPS) is 10.3. The van der Waals surface area contributed by atoms with Crippen LogP contribution in [0.1, 0.15) is 15.9 Å². The molecule has 98 valence electrons. The van der Waals surface area contributed by atoms with Gasteiger partial charge >= 0.3 is 0 Å². The van der Waals surface area contributed by atoms with Gasteiger partial charge in [0.1, 0.15) is 0 Å². The minimum atomic E-state index is -0.290. The van der Waals surface area contributed by atoms with E-state index in [1.807, 2.05) is 19.1 Å². The minimum absolute atomic E-state index is 0.241. The zero-order chi connectivity index (χ0) is 14.0. The second-order valence-electron chi connectivity index (χ2n) is 4.00. The largest absolute Gasteiger partial charge is 0.328 e. The van der Waals surface area contributed by atoms with Crippen LogP contribution in [0.2, 0.25) is 0 Å². The Morgan fingerprint density at radius 2 is 1.84 bits per heavy atom. The van der Waals surface area contributed by atoms with Crippen molar-refractivity contribution in [2.75, 3.05) is 5.32 Å². The topological polar surface area (TPSA) is 62.0 Å². The summed E-state index contributed by atoms with van der Waals surface area (Å²) in [5.41, 5.74) is 1.87. The van der Waals surface area contributed by atoms with Crippen LogP contribution in [0.4, 0.5) is 5.69 Å². The molecule has 0 aliphatic rings. The first kappa shape index (κ1) is 14.0. The van der Waals surface area contributed by atoms with Crippen molar-refractivity contribution in [3.05, 3.63) is 60.9 Å². The summed E-state index contributed by atoms with van der Waals surface area (Å²) in [5, 5.41) is 2.79. The maximum absolute atomic E-state index is 12.0. The van der Waals surface area contributed by atoms with Gasteiger partial charge < -0.3 is 10.3 Å². The molecule has 4 nitrogen and oxygen atoms in total. The molecule has 0 fully saturated rings. The Morgan fingerprint density at radius 3 is 2.37 bits per heavy atom. The van der Waals surface area contributed by atoms with E-state index < -0.39 is 0 Å². The maximum atomic E-state index is 12.0. The van der Waals surface area contributed by atoms with Gasteiger partial charge in [-0.05, 0) is 62.5 Å². The van der Waals surface area contributed by atoms with E-state index in [0.717, 1.165) is 14.5 Å². The highest BCUT2D eigenvalue weighted by Crippen LogP contribution is 2.32. The number of hydrogen-bond acceptors (Lipinski definition) is 2. The average molecular weight is 386 g/mol. The number of aromatic nitrogens is 1. The lowest BCUT2D eigenvalue weighted by molar-refractivity contribution is 0.102. The second kappa shape index (κ2) is 5.71. The first-order valence-electron chi connectivity index (χ1n) is 5.43. The number of halogens is 2. The molecule has 0 radical (unpaired) electrons. The lowest BCUT2D eigenvalue weighted by Gasteiger charge is -2.10. The third kappa shape index (κ3) is 3.33. The van der Waals surface area contributed by atoms with Crippen LogP contribution in [0.5, 0.6) is 0 Å².